The van der Waals surface area contributed by atoms with E-state index < -0.39 is 5.54 Å². The van der Waals surface area contributed by atoms with Gasteiger partial charge in [-0.1, -0.05) is 36.1 Å². The van der Waals surface area contributed by atoms with E-state index in [1.807, 2.05) is 45.0 Å². The summed E-state index contributed by atoms with van der Waals surface area (Å²) in [7, 11) is 5.29. The largest absolute Gasteiger partial charge is 0.493 e. The van der Waals surface area contributed by atoms with Crippen LogP contribution in [-0.2, 0) is 11.2 Å². The van der Waals surface area contributed by atoms with Crippen LogP contribution in [0.2, 0.25) is 5.02 Å². The number of aromatic nitrogens is 2. The standard InChI is InChI=1S/C30H33ClN6O3/c1-18(17-37(4)5)28(38)36-30(2,3)13-10-19-16-32-14-11-20(19)25-26(24-22(34-25)12-15-33-29(24)39)35-23-9-7-8-21(31)27(23)40-6/h7-9,11,14,16,34-35H,1,12,15,17H2,2-6H3,(H,33,39)(H,36,38). The molecule has 0 spiro atoms. The number of anilines is 2. The summed E-state index contributed by atoms with van der Waals surface area (Å²) in [5.74, 6) is 6.37. The summed E-state index contributed by atoms with van der Waals surface area (Å²) in [6.45, 7) is 8.50. The second kappa shape index (κ2) is 11.9. The van der Waals surface area contributed by atoms with Crippen molar-refractivity contribution in [1.82, 2.24) is 25.5 Å². The molecule has 0 bridgehead atoms. The average molecular weight is 561 g/mol. The number of ether oxygens (including phenoxy) is 1. The first-order valence-electron chi connectivity index (χ1n) is 12.8. The quantitative estimate of drug-likeness (QED) is 0.243. The predicted molar refractivity (Wildman–Crippen MR) is 158 cm³/mol. The number of amides is 2. The van der Waals surface area contributed by atoms with Crippen LogP contribution in [-0.4, -0.2) is 66.5 Å². The van der Waals surface area contributed by atoms with Gasteiger partial charge in [0.25, 0.3) is 5.91 Å². The van der Waals surface area contributed by atoms with Crippen LogP contribution in [0.5, 0.6) is 5.75 Å². The van der Waals surface area contributed by atoms with Gasteiger partial charge in [-0.25, -0.2) is 0 Å². The molecule has 1 aliphatic rings. The first-order chi connectivity index (χ1) is 19.0. The van der Waals surface area contributed by atoms with Crippen molar-refractivity contribution < 1.29 is 14.3 Å². The fraction of sp³-hybridized carbons (Fsp3) is 0.300. The lowest BCUT2D eigenvalue weighted by Gasteiger charge is -2.21. The van der Waals surface area contributed by atoms with E-state index in [4.69, 9.17) is 16.3 Å². The molecule has 0 unspecified atom stereocenters. The maximum Gasteiger partial charge on any atom is 0.255 e. The third-order valence-electron chi connectivity index (χ3n) is 6.25. The highest BCUT2D eigenvalue weighted by atomic mass is 35.5. The van der Waals surface area contributed by atoms with Gasteiger partial charge in [-0.15, -0.1) is 0 Å². The predicted octanol–water partition coefficient (Wildman–Crippen LogP) is 4.13. The minimum atomic E-state index is -0.844. The Morgan fingerprint density at radius 3 is 2.80 bits per heavy atom. The van der Waals surface area contributed by atoms with Crippen LogP contribution in [0.25, 0.3) is 11.3 Å². The number of rotatable bonds is 8. The number of methoxy groups -OCH3 is 1. The van der Waals surface area contributed by atoms with Crippen molar-refractivity contribution in [2.75, 3.05) is 39.6 Å². The smallest absolute Gasteiger partial charge is 0.255 e. The zero-order valence-electron chi connectivity index (χ0n) is 23.3. The molecular weight excluding hydrogens is 528 g/mol. The lowest BCUT2D eigenvalue weighted by atomic mass is 10.0. The number of likely N-dealkylation sites (N-methyl/N-ethyl adjacent to an activating group) is 1. The fourth-order valence-electron chi connectivity index (χ4n) is 4.45. The highest BCUT2D eigenvalue weighted by Gasteiger charge is 2.28. The molecule has 40 heavy (non-hydrogen) atoms. The molecule has 4 rings (SSSR count). The van der Waals surface area contributed by atoms with Crippen molar-refractivity contribution in [3.8, 4) is 28.8 Å². The highest BCUT2D eigenvalue weighted by molar-refractivity contribution is 6.32. The average Bonchev–Trinajstić information content (AvgIpc) is 3.26. The number of halogens is 1. The van der Waals surface area contributed by atoms with Crippen LogP contribution >= 0.6 is 11.6 Å². The molecule has 0 atom stereocenters. The van der Waals surface area contributed by atoms with Gasteiger partial charge in [0.2, 0.25) is 5.91 Å². The molecule has 0 radical (unpaired) electrons. The number of pyridine rings is 1. The van der Waals surface area contributed by atoms with E-state index in [9.17, 15) is 9.59 Å². The monoisotopic (exact) mass is 560 g/mol. The number of aromatic amines is 1. The minimum absolute atomic E-state index is 0.185. The number of nitrogens with one attached hydrogen (secondary N) is 4. The Hall–Kier alpha value is -4.26. The van der Waals surface area contributed by atoms with Gasteiger partial charge in [-0.3, -0.25) is 14.6 Å². The number of fused-ring (bicyclic) bond motifs is 1. The number of H-pyrrole nitrogens is 1. The SMILES string of the molecule is C=C(CN(C)C)C(=O)NC(C)(C)C#Cc1cnccc1-c1[nH]c2c(c1Nc1cccc(Cl)c1OC)C(=O)NCC2. The lowest BCUT2D eigenvalue weighted by molar-refractivity contribution is -0.118. The second-order valence-electron chi connectivity index (χ2n) is 10.3. The summed E-state index contributed by atoms with van der Waals surface area (Å²) in [5, 5.41) is 9.68. The molecule has 1 aliphatic heterocycles. The van der Waals surface area contributed by atoms with Gasteiger partial charge >= 0.3 is 0 Å². The van der Waals surface area contributed by atoms with E-state index in [0.717, 1.165) is 11.3 Å². The topological polar surface area (TPSA) is 111 Å². The Morgan fingerprint density at radius 2 is 2.08 bits per heavy atom. The number of nitrogens with zero attached hydrogens (tertiary/aromatic N) is 2. The summed E-state index contributed by atoms with van der Waals surface area (Å²) >= 11 is 6.37. The summed E-state index contributed by atoms with van der Waals surface area (Å²) in [5.41, 5.74) is 4.17. The van der Waals surface area contributed by atoms with Crippen LogP contribution in [0.1, 0.15) is 35.5 Å². The maximum absolute atomic E-state index is 13.0. The highest BCUT2D eigenvalue weighted by Crippen LogP contribution is 2.41. The molecule has 2 amide bonds. The molecule has 4 N–H and O–H groups in total. The maximum atomic E-state index is 13.0. The molecule has 208 valence electrons. The van der Waals surface area contributed by atoms with Crippen molar-refractivity contribution in [2.45, 2.75) is 25.8 Å². The van der Waals surface area contributed by atoms with Gasteiger partial charge in [0.1, 0.15) is 0 Å². The minimum Gasteiger partial charge on any atom is -0.493 e. The van der Waals surface area contributed by atoms with Crippen LogP contribution < -0.4 is 20.7 Å². The zero-order valence-corrected chi connectivity index (χ0v) is 24.0. The first kappa shape index (κ1) is 28.7. The summed E-state index contributed by atoms with van der Waals surface area (Å²) in [4.78, 5) is 35.3. The number of hydrogen-bond acceptors (Lipinski definition) is 6. The number of carbonyl (C=O) groups excluding carboxylic acids is 2. The van der Waals surface area contributed by atoms with Gasteiger partial charge in [0.05, 0.1) is 45.9 Å². The fourth-order valence-corrected chi connectivity index (χ4v) is 4.70. The molecule has 3 heterocycles. The van der Waals surface area contributed by atoms with Gasteiger partial charge in [-0.05, 0) is 46.1 Å². The van der Waals surface area contributed by atoms with Crippen molar-refractivity contribution in [3.05, 3.63) is 70.7 Å². The molecule has 2 aromatic heterocycles. The van der Waals surface area contributed by atoms with E-state index in [0.29, 0.717) is 64.1 Å². The van der Waals surface area contributed by atoms with Crippen LogP contribution in [0.3, 0.4) is 0 Å². The van der Waals surface area contributed by atoms with Gasteiger partial charge in [0.15, 0.2) is 5.75 Å². The van der Waals surface area contributed by atoms with Gasteiger partial charge in [-0.2, -0.15) is 0 Å². The van der Waals surface area contributed by atoms with Crippen molar-refractivity contribution >= 4 is 34.8 Å². The molecule has 0 aliphatic carbocycles. The molecule has 9 nitrogen and oxygen atoms in total. The summed E-state index contributed by atoms with van der Waals surface area (Å²) in [6.07, 6.45) is 3.97. The van der Waals surface area contributed by atoms with Crippen LogP contribution in [0.15, 0.2) is 48.8 Å². The Bertz CT molecular complexity index is 1530. The molecule has 1 aromatic carbocycles. The van der Waals surface area contributed by atoms with Gasteiger partial charge in [0, 0.05) is 48.7 Å². The summed E-state index contributed by atoms with van der Waals surface area (Å²) in [6, 6.07) is 7.21. The van der Waals surface area contributed by atoms with E-state index in [-0.39, 0.29) is 11.8 Å². The number of hydrogen-bond donors (Lipinski definition) is 4. The Labute approximate surface area is 239 Å². The van der Waals surface area contributed by atoms with Crippen molar-refractivity contribution in [2.24, 2.45) is 0 Å². The Balaban J connectivity index is 1.76. The normalized spacial score (nSPS) is 12.6. The van der Waals surface area contributed by atoms with E-state index >= 15 is 0 Å². The number of carbonyl (C=O) groups is 2. The number of para-hydroxylation sites is 1. The zero-order chi connectivity index (χ0) is 29.0. The molecule has 0 saturated heterocycles. The van der Waals surface area contributed by atoms with Crippen molar-refractivity contribution in [3.63, 3.8) is 0 Å². The van der Waals surface area contributed by atoms with Gasteiger partial charge < -0.3 is 30.6 Å². The lowest BCUT2D eigenvalue weighted by Crippen LogP contribution is -2.44. The summed E-state index contributed by atoms with van der Waals surface area (Å²) < 4.78 is 5.53. The molecule has 3 aromatic rings. The second-order valence-corrected chi connectivity index (χ2v) is 10.7. The molecule has 0 saturated carbocycles. The van der Waals surface area contributed by atoms with E-state index in [1.165, 1.54) is 0 Å². The molecule has 0 fully saturated rings. The Morgan fingerprint density at radius 1 is 1.30 bits per heavy atom. The third-order valence-corrected chi connectivity index (χ3v) is 6.55. The third kappa shape index (κ3) is 6.30. The molecule has 10 heteroatoms. The van der Waals surface area contributed by atoms with Crippen LogP contribution in [0.4, 0.5) is 11.4 Å². The first-order valence-corrected chi connectivity index (χ1v) is 13.1. The Kier molecular flexibility index (Phi) is 8.52. The number of benzene rings is 1. The van der Waals surface area contributed by atoms with Crippen molar-refractivity contribution in [1.29, 1.82) is 0 Å². The molecular formula is C30H33ClN6O3. The van der Waals surface area contributed by atoms with Crippen LogP contribution in [0, 0.1) is 11.8 Å². The van der Waals surface area contributed by atoms with E-state index in [2.05, 4.69) is 44.3 Å². The van der Waals surface area contributed by atoms with E-state index in [1.54, 1.807) is 31.6 Å².